The largest absolute Gasteiger partial charge is 0.480 e. The van der Waals surface area contributed by atoms with Crippen molar-refractivity contribution in [1.82, 2.24) is 9.80 Å². The van der Waals surface area contributed by atoms with Crippen LogP contribution >= 0.6 is 12.4 Å². The van der Waals surface area contributed by atoms with Crippen LogP contribution < -0.4 is 0 Å². The maximum Gasteiger partial charge on any atom is 0.317 e. The molecule has 5 heteroatoms. The number of carboxylic acid groups (broad SMARTS) is 1. The van der Waals surface area contributed by atoms with Crippen molar-refractivity contribution in [2.75, 3.05) is 33.2 Å². The van der Waals surface area contributed by atoms with Crippen molar-refractivity contribution in [1.29, 1.82) is 0 Å². The van der Waals surface area contributed by atoms with Gasteiger partial charge in [0, 0.05) is 12.6 Å². The van der Waals surface area contributed by atoms with E-state index in [1.165, 1.54) is 0 Å². The Bertz CT molecular complexity index is 261. The van der Waals surface area contributed by atoms with Crippen LogP contribution in [-0.2, 0) is 4.79 Å². The van der Waals surface area contributed by atoms with Crippen molar-refractivity contribution in [2.24, 2.45) is 0 Å². The van der Waals surface area contributed by atoms with Crippen LogP contribution in [0.4, 0.5) is 0 Å². The standard InChI is InChI=1S/C13H24N2O2.ClH/c1-3-4-8-15-9-5-6-12(7-10-15)14(2)11-13(16)17;/h3,12H,1,4-11H2,2H3,(H,16,17);1H. The number of rotatable bonds is 6. The van der Waals surface area contributed by atoms with E-state index in [1.54, 1.807) is 0 Å². The second-order valence-corrected chi connectivity index (χ2v) is 4.81. The number of likely N-dealkylation sites (tertiary alicyclic amines) is 1. The Kier molecular flexibility index (Phi) is 9.06. The topological polar surface area (TPSA) is 43.8 Å². The Morgan fingerprint density at radius 3 is 2.83 bits per heavy atom. The van der Waals surface area contributed by atoms with Crippen molar-refractivity contribution in [3.8, 4) is 0 Å². The van der Waals surface area contributed by atoms with Gasteiger partial charge < -0.3 is 10.0 Å². The van der Waals surface area contributed by atoms with Crippen molar-refractivity contribution in [2.45, 2.75) is 31.7 Å². The van der Waals surface area contributed by atoms with E-state index in [-0.39, 0.29) is 19.0 Å². The minimum atomic E-state index is -0.736. The predicted molar refractivity (Wildman–Crippen MR) is 76.4 cm³/mol. The molecule has 18 heavy (non-hydrogen) atoms. The predicted octanol–water partition coefficient (Wildman–Crippen LogP) is 1.86. The molecule has 1 heterocycles. The van der Waals surface area contributed by atoms with Gasteiger partial charge in [0.25, 0.3) is 0 Å². The fourth-order valence-corrected chi connectivity index (χ4v) is 2.42. The molecule has 1 saturated heterocycles. The van der Waals surface area contributed by atoms with Gasteiger partial charge in [-0.3, -0.25) is 9.69 Å². The summed E-state index contributed by atoms with van der Waals surface area (Å²) in [5, 5.41) is 8.79. The molecular weight excluding hydrogens is 252 g/mol. The summed E-state index contributed by atoms with van der Waals surface area (Å²) in [6, 6.07) is 0.417. The molecule has 1 atom stereocenters. The smallest absolute Gasteiger partial charge is 0.317 e. The molecule has 1 unspecified atom stereocenters. The molecule has 0 radical (unpaired) electrons. The molecule has 106 valence electrons. The molecule has 0 aliphatic carbocycles. The third-order valence-electron chi connectivity index (χ3n) is 3.45. The zero-order valence-corrected chi connectivity index (χ0v) is 12.0. The fraction of sp³-hybridized carbons (Fsp3) is 0.769. The summed E-state index contributed by atoms with van der Waals surface area (Å²) in [5.41, 5.74) is 0. The van der Waals surface area contributed by atoms with Gasteiger partial charge in [-0.05, 0) is 45.8 Å². The molecule has 1 aliphatic heterocycles. The van der Waals surface area contributed by atoms with Gasteiger partial charge in [-0.25, -0.2) is 0 Å². The average Bonchev–Trinajstić information content (AvgIpc) is 2.50. The Hall–Kier alpha value is -0.580. The highest BCUT2D eigenvalue weighted by Gasteiger charge is 2.21. The molecule has 1 aliphatic rings. The Morgan fingerprint density at radius 2 is 2.22 bits per heavy atom. The monoisotopic (exact) mass is 276 g/mol. The van der Waals surface area contributed by atoms with Crippen LogP contribution in [-0.4, -0.2) is 60.1 Å². The first-order valence-corrected chi connectivity index (χ1v) is 6.38. The molecule has 1 rings (SSSR count). The first-order chi connectivity index (χ1) is 8.13. The van der Waals surface area contributed by atoms with E-state index >= 15 is 0 Å². The summed E-state index contributed by atoms with van der Waals surface area (Å²) in [4.78, 5) is 15.1. The molecular formula is C13H25ClN2O2. The maximum absolute atomic E-state index is 10.7. The van der Waals surface area contributed by atoms with Gasteiger partial charge >= 0.3 is 5.97 Å². The van der Waals surface area contributed by atoms with E-state index in [2.05, 4.69) is 11.5 Å². The lowest BCUT2D eigenvalue weighted by Crippen LogP contribution is -2.36. The van der Waals surface area contributed by atoms with Gasteiger partial charge in [0.2, 0.25) is 0 Å². The summed E-state index contributed by atoms with van der Waals surface area (Å²) in [6.45, 7) is 7.18. The number of carboxylic acids is 1. The van der Waals surface area contributed by atoms with E-state index < -0.39 is 5.97 Å². The van der Waals surface area contributed by atoms with Crippen LogP contribution in [0.25, 0.3) is 0 Å². The molecule has 0 aromatic rings. The molecule has 0 aromatic heterocycles. The summed E-state index contributed by atoms with van der Waals surface area (Å²) >= 11 is 0. The number of aliphatic carboxylic acids is 1. The van der Waals surface area contributed by atoms with Gasteiger partial charge in [-0.1, -0.05) is 6.08 Å². The minimum absolute atomic E-state index is 0. The van der Waals surface area contributed by atoms with E-state index in [0.717, 1.165) is 45.3 Å². The quantitative estimate of drug-likeness (QED) is 0.752. The summed E-state index contributed by atoms with van der Waals surface area (Å²) < 4.78 is 0. The highest BCUT2D eigenvalue weighted by molar-refractivity contribution is 5.85. The number of likely N-dealkylation sites (N-methyl/N-ethyl adjacent to an activating group) is 1. The number of halogens is 1. The van der Waals surface area contributed by atoms with Crippen LogP contribution in [0.3, 0.4) is 0 Å². The molecule has 1 fully saturated rings. The summed E-state index contributed by atoms with van der Waals surface area (Å²) in [6.07, 6.45) is 6.33. The molecule has 4 nitrogen and oxygen atoms in total. The normalized spacial score (nSPS) is 21.1. The van der Waals surface area contributed by atoms with Crippen LogP contribution in [0.5, 0.6) is 0 Å². The van der Waals surface area contributed by atoms with Gasteiger partial charge in [-0.2, -0.15) is 0 Å². The first kappa shape index (κ1) is 17.4. The van der Waals surface area contributed by atoms with Gasteiger partial charge in [0.05, 0.1) is 6.54 Å². The Labute approximate surface area is 116 Å². The average molecular weight is 277 g/mol. The lowest BCUT2D eigenvalue weighted by Gasteiger charge is -2.25. The van der Waals surface area contributed by atoms with E-state index in [0.29, 0.717) is 6.04 Å². The lowest BCUT2D eigenvalue weighted by molar-refractivity contribution is -0.138. The number of carbonyl (C=O) groups is 1. The Morgan fingerprint density at radius 1 is 1.50 bits per heavy atom. The molecule has 1 N–H and O–H groups in total. The summed E-state index contributed by atoms with van der Waals surface area (Å²) in [5.74, 6) is -0.736. The van der Waals surface area contributed by atoms with Gasteiger partial charge in [0.15, 0.2) is 0 Å². The first-order valence-electron chi connectivity index (χ1n) is 6.38. The van der Waals surface area contributed by atoms with Crippen molar-refractivity contribution in [3.05, 3.63) is 12.7 Å². The molecule has 0 spiro atoms. The van der Waals surface area contributed by atoms with E-state index in [1.807, 2.05) is 18.0 Å². The fourth-order valence-electron chi connectivity index (χ4n) is 2.42. The van der Waals surface area contributed by atoms with Gasteiger partial charge in [-0.15, -0.1) is 19.0 Å². The van der Waals surface area contributed by atoms with Crippen LogP contribution in [0.15, 0.2) is 12.7 Å². The third-order valence-corrected chi connectivity index (χ3v) is 3.45. The van der Waals surface area contributed by atoms with Crippen molar-refractivity contribution in [3.63, 3.8) is 0 Å². The Balaban J connectivity index is 0.00000289. The highest BCUT2D eigenvalue weighted by Crippen LogP contribution is 2.15. The van der Waals surface area contributed by atoms with E-state index in [9.17, 15) is 4.79 Å². The van der Waals surface area contributed by atoms with Crippen LogP contribution in [0.1, 0.15) is 25.7 Å². The lowest BCUT2D eigenvalue weighted by atomic mass is 10.1. The molecule has 0 saturated carbocycles. The number of hydrogen-bond acceptors (Lipinski definition) is 3. The molecule has 0 aromatic carbocycles. The summed E-state index contributed by atoms with van der Waals surface area (Å²) in [7, 11) is 1.91. The second kappa shape index (κ2) is 9.36. The number of hydrogen-bond donors (Lipinski definition) is 1. The van der Waals surface area contributed by atoms with E-state index in [4.69, 9.17) is 5.11 Å². The zero-order valence-electron chi connectivity index (χ0n) is 11.2. The SMILES string of the molecule is C=CCCN1CCCC(N(C)CC(=O)O)CC1.Cl. The zero-order chi connectivity index (χ0) is 12.7. The van der Waals surface area contributed by atoms with Crippen molar-refractivity contribution >= 4 is 18.4 Å². The van der Waals surface area contributed by atoms with Crippen LogP contribution in [0.2, 0.25) is 0 Å². The van der Waals surface area contributed by atoms with Crippen LogP contribution in [0, 0.1) is 0 Å². The second-order valence-electron chi connectivity index (χ2n) is 4.81. The maximum atomic E-state index is 10.7. The molecule has 0 bridgehead atoms. The van der Waals surface area contributed by atoms with Gasteiger partial charge in [0.1, 0.15) is 0 Å². The highest BCUT2D eigenvalue weighted by atomic mass is 35.5. The number of nitrogens with zero attached hydrogens (tertiary/aromatic N) is 2. The minimum Gasteiger partial charge on any atom is -0.480 e. The third kappa shape index (κ3) is 6.38. The van der Waals surface area contributed by atoms with Crippen molar-refractivity contribution < 1.29 is 9.90 Å². The molecule has 0 amide bonds.